The van der Waals surface area contributed by atoms with E-state index in [2.05, 4.69) is 15.6 Å². The zero-order valence-electron chi connectivity index (χ0n) is 12.1. The SMILES string of the molecule is CCCCNC(=O)CC(=O)Nc1cccc2cccnc12. The largest absolute Gasteiger partial charge is 0.356 e. The summed E-state index contributed by atoms with van der Waals surface area (Å²) in [7, 11) is 0. The highest BCUT2D eigenvalue weighted by atomic mass is 16.2. The van der Waals surface area contributed by atoms with Gasteiger partial charge in [-0.25, -0.2) is 0 Å². The monoisotopic (exact) mass is 285 g/mol. The number of nitrogens with zero attached hydrogens (tertiary/aromatic N) is 1. The van der Waals surface area contributed by atoms with E-state index < -0.39 is 0 Å². The van der Waals surface area contributed by atoms with Crippen LogP contribution in [0.4, 0.5) is 5.69 Å². The minimum Gasteiger partial charge on any atom is -0.356 e. The van der Waals surface area contributed by atoms with Gasteiger partial charge in [-0.3, -0.25) is 14.6 Å². The molecule has 0 spiro atoms. The minimum absolute atomic E-state index is 0.174. The number of carbonyl (C=O) groups excluding carboxylic acids is 2. The first-order chi connectivity index (χ1) is 10.2. The molecule has 0 radical (unpaired) electrons. The van der Waals surface area contributed by atoms with Crippen molar-refractivity contribution in [3.05, 3.63) is 36.5 Å². The van der Waals surface area contributed by atoms with Crippen molar-refractivity contribution >= 4 is 28.4 Å². The smallest absolute Gasteiger partial charge is 0.233 e. The van der Waals surface area contributed by atoms with Gasteiger partial charge in [0.2, 0.25) is 11.8 Å². The van der Waals surface area contributed by atoms with E-state index in [0.29, 0.717) is 12.2 Å². The Balaban J connectivity index is 1.97. The highest BCUT2D eigenvalue weighted by molar-refractivity contribution is 6.06. The second-order valence-electron chi connectivity index (χ2n) is 4.81. The van der Waals surface area contributed by atoms with Crippen LogP contribution in [0.5, 0.6) is 0 Å². The Morgan fingerprint density at radius 2 is 1.95 bits per heavy atom. The van der Waals surface area contributed by atoms with Crippen LogP contribution in [-0.4, -0.2) is 23.3 Å². The molecule has 0 aliphatic rings. The number of hydrogen-bond acceptors (Lipinski definition) is 3. The number of fused-ring (bicyclic) bond motifs is 1. The van der Waals surface area contributed by atoms with Crippen LogP contribution in [0.3, 0.4) is 0 Å². The fraction of sp³-hybridized carbons (Fsp3) is 0.312. The summed E-state index contributed by atoms with van der Waals surface area (Å²) < 4.78 is 0. The summed E-state index contributed by atoms with van der Waals surface area (Å²) in [5.41, 5.74) is 1.35. The van der Waals surface area contributed by atoms with Crippen LogP contribution < -0.4 is 10.6 Å². The van der Waals surface area contributed by atoms with E-state index in [4.69, 9.17) is 0 Å². The van der Waals surface area contributed by atoms with Crippen LogP contribution in [-0.2, 0) is 9.59 Å². The average molecular weight is 285 g/mol. The molecule has 0 bridgehead atoms. The third-order valence-electron chi connectivity index (χ3n) is 3.08. The van der Waals surface area contributed by atoms with Crippen molar-refractivity contribution in [2.45, 2.75) is 26.2 Å². The van der Waals surface area contributed by atoms with Gasteiger partial charge in [0.25, 0.3) is 0 Å². The predicted molar refractivity (Wildman–Crippen MR) is 82.9 cm³/mol. The standard InChI is InChI=1S/C16H19N3O2/c1-2-3-9-17-14(20)11-15(21)19-13-8-4-6-12-7-5-10-18-16(12)13/h4-8,10H,2-3,9,11H2,1H3,(H,17,20)(H,19,21). The van der Waals surface area contributed by atoms with Gasteiger partial charge >= 0.3 is 0 Å². The van der Waals surface area contributed by atoms with Gasteiger partial charge in [-0.15, -0.1) is 0 Å². The Labute approximate surface area is 123 Å². The molecule has 5 heteroatoms. The first kappa shape index (κ1) is 15.0. The molecule has 1 aromatic heterocycles. The van der Waals surface area contributed by atoms with Crippen molar-refractivity contribution in [3.63, 3.8) is 0 Å². The van der Waals surface area contributed by atoms with Crippen LogP contribution >= 0.6 is 0 Å². The third-order valence-corrected chi connectivity index (χ3v) is 3.08. The van der Waals surface area contributed by atoms with Gasteiger partial charge in [0, 0.05) is 18.1 Å². The molecular formula is C16H19N3O2. The molecule has 5 nitrogen and oxygen atoms in total. The Kier molecular flexibility index (Phi) is 5.26. The molecule has 1 aromatic carbocycles. The van der Waals surface area contributed by atoms with E-state index in [-0.39, 0.29) is 18.2 Å². The second kappa shape index (κ2) is 7.38. The first-order valence-electron chi connectivity index (χ1n) is 7.11. The lowest BCUT2D eigenvalue weighted by atomic mass is 10.2. The lowest BCUT2D eigenvalue weighted by Gasteiger charge is -2.08. The van der Waals surface area contributed by atoms with Crippen molar-refractivity contribution in [1.29, 1.82) is 0 Å². The van der Waals surface area contributed by atoms with Crippen LogP contribution in [0.25, 0.3) is 10.9 Å². The van der Waals surface area contributed by atoms with E-state index in [9.17, 15) is 9.59 Å². The van der Waals surface area contributed by atoms with Gasteiger partial charge in [0.15, 0.2) is 0 Å². The molecule has 1 heterocycles. The molecule has 2 amide bonds. The first-order valence-corrected chi connectivity index (χ1v) is 7.11. The maximum absolute atomic E-state index is 11.9. The molecule has 0 fully saturated rings. The Bertz CT molecular complexity index is 635. The molecule has 0 unspecified atom stereocenters. The number of benzene rings is 1. The number of para-hydroxylation sites is 1. The number of anilines is 1. The number of carbonyl (C=O) groups is 2. The molecule has 0 saturated heterocycles. The van der Waals surface area contributed by atoms with Crippen LogP contribution in [0.15, 0.2) is 36.5 Å². The van der Waals surface area contributed by atoms with E-state index in [0.717, 1.165) is 23.7 Å². The zero-order chi connectivity index (χ0) is 15.1. The molecule has 21 heavy (non-hydrogen) atoms. The van der Waals surface area contributed by atoms with Gasteiger partial charge in [0.1, 0.15) is 6.42 Å². The number of nitrogens with one attached hydrogen (secondary N) is 2. The molecule has 2 N–H and O–H groups in total. The highest BCUT2D eigenvalue weighted by Gasteiger charge is 2.10. The fourth-order valence-electron chi connectivity index (χ4n) is 2.01. The number of amides is 2. The van der Waals surface area contributed by atoms with Gasteiger partial charge in [-0.1, -0.05) is 31.5 Å². The number of rotatable bonds is 6. The normalized spacial score (nSPS) is 10.3. The molecular weight excluding hydrogens is 266 g/mol. The summed E-state index contributed by atoms with van der Waals surface area (Å²) in [5.74, 6) is -0.587. The molecule has 2 rings (SSSR count). The maximum atomic E-state index is 11.9. The summed E-state index contributed by atoms with van der Waals surface area (Å²) in [6.07, 6.45) is 3.43. The Morgan fingerprint density at radius 1 is 1.14 bits per heavy atom. The second-order valence-corrected chi connectivity index (χ2v) is 4.81. The molecule has 0 saturated carbocycles. The predicted octanol–water partition coefficient (Wildman–Crippen LogP) is 2.48. The molecule has 2 aromatic rings. The van der Waals surface area contributed by atoms with Crippen LogP contribution in [0.1, 0.15) is 26.2 Å². The lowest BCUT2D eigenvalue weighted by Crippen LogP contribution is -2.28. The summed E-state index contributed by atoms with van der Waals surface area (Å²) in [5, 5.41) is 6.41. The van der Waals surface area contributed by atoms with Crippen molar-refractivity contribution in [2.75, 3.05) is 11.9 Å². The van der Waals surface area contributed by atoms with E-state index in [1.165, 1.54) is 0 Å². The number of hydrogen-bond donors (Lipinski definition) is 2. The number of unbranched alkanes of at least 4 members (excludes halogenated alkanes) is 1. The molecule has 0 aliphatic carbocycles. The van der Waals surface area contributed by atoms with E-state index in [1.807, 2.05) is 31.2 Å². The van der Waals surface area contributed by atoms with Crippen molar-refractivity contribution < 1.29 is 9.59 Å². The minimum atomic E-state index is -0.331. The summed E-state index contributed by atoms with van der Waals surface area (Å²) in [4.78, 5) is 27.8. The Hall–Kier alpha value is -2.43. The maximum Gasteiger partial charge on any atom is 0.233 e. The van der Waals surface area contributed by atoms with Crippen LogP contribution in [0, 0.1) is 0 Å². The summed E-state index contributed by atoms with van der Waals surface area (Å²) in [6.45, 7) is 2.66. The molecule has 0 aliphatic heterocycles. The fourth-order valence-corrected chi connectivity index (χ4v) is 2.01. The summed E-state index contributed by atoms with van der Waals surface area (Å²) >= 11 is 0. The number of pyridine rings is 1. The van der Waals surface area contributed by atoms with Crippen molar-refractivity contribution in [1.82, 2.24) is 10.3 Å². The number of aromatic nitrogens is 1. The average Bonchev–Trinajstić information content (AvgIpc) is 2.48. The van der Waals surface area contributed by atoms with Gasteiger partial charge < -0.3 is 10.6 Å². The summed E-state index contributed by atoms with van der Waals surface area (Å²) in [6, 6.07) is 9.32. The van der Waals surface area contributed by atoms with Gasteiger partial charge in [-0.2, -0.15) is 0 Å². The molecule has 110 valence electrons. The van der Waals surface area contributed by atoms with E-state index >= 15 is 0 Å². The van der Waals surface area contributed by atoms with Crippen molar-refractivity contribution in [2.24, 2.45) is 0 Å². The highest BCUT2D eigenvalue weighted by Crippen LogP contribution is 2.20. The quantitative estimate of drug-likeness (QED) is 0.632. The van der Waals surface area contributed by atoms with E-state index in [1.54, 1.807) is 12.3 Å². The zero-order valence-corrected chi connectivity index (χ0v) is 12.1. The molecule has 0 atom stereocenters. The Morgan fingerprint density at radius 3 is 2.76 bits per heavy atom. The van der Waals surface area contributed by atoms with Crippen molar-refractivity contribution in [3.8, 4) is 0 Å². The van der Waals surface area contributed by atoms with Crippen LogP contribution in [0.2, 0.25) is 0 Å². The van der Waals surface area contributed by atoms with Gasteiger partial charge in [0.05, 0.1) is 11.2 Å². The third kappa shape index (κ3) is 4.27. The van der Waals surface area contributed by atoms with Gasteiger partial charge in [-0.05, 0) is 18.6 Å². The lowest BCUT2D eigenvalue weighted by molar-refractivity contribution is -0.126. The topological polar surface area (TPSA) is 71.1 Å².